The SMILES string of the molecule is Cc1cc(C)n(-c2cc(NC(=O)C[C@@H]3CCN(C)C3)nc(-c3ccc(C)o3)n2)n1. The van der Waals surface area contributed by atoms with Crippen LogP contribution in [0.3, 0.4) is 0 Å². The first kappa shape index (κ1) is 19.3. The van der Waals surface area contributed by atoms with Gasteiger partial charge in [-0.3, -0.25) is 4.79 Å². The fraction of sp³-hybridized carbons (Fsp3) is 0.429. The van der Waals surface area contributed by atoms with Crippen molar-refractivity contribution < 1.29 is 9.21 Å². The second-order valence-corrected chi connectivity index (χ2v) is 7.85. The van der Waals surface area contributed by atoms with Crippen LogP contribution in [0.5, 0.6) is 0 Å². The van der Waals surface area contributed by atoms with Crippen molar-refractivity contribution in [2.75, 3.05) is 25.5 Å². The zero-order chi connectivity index (χ0) is 20.5. The number of anilines is 1. The third-order valence-electron chi connectivity index (χ3n) is 5.13. The lowest BCUT2D eigenvalue weighted by molar-refractivity contribution is -0.117. The quantitative estimate of drug-likeness (QED) is 0.715. The van der Waals surface area contributed by atoms with E-state index in [1.54, 1.807) is 10.7 Å². The molecule has 29 heavy (non-hydrogen) atoms. The normalized spacial score (nSPS) is 17.0. The molecule has 0 aromatic carbocycles. The number of nitrogens with zero attached hydrogens (tertiary/aromatic N) is 5. The van der Waals surface area contributed by atoms with Gasteiger partial charge in [0.15, 0.2) is 17.4 Å². The molecule has 0 unspecified atom stereocenters. The molecule has 1 saturated heterocycles. The summed E-state index contributed by atoms with van der Waals surface area (Å²) in [6.45, 7) is 7.76. The Bertz CT molecular complexity index is 1040. The number of nitrogens with one attached hydrogen (secondary N) is 1. The third kappa shape index (κ3) is 4.37. The predicted octanol–water partition coefficient (Wildman–Crippen LogP) is 3.13. The van der Waals surface area contributed by atoms with Gasteiger partial charge < -0.3 is 14.6 Å². The van der Waals surface area contributed by atoms with E-state index >= 15 is 0 Å². The minimum Gasteiger partial charge on any atom is -0.458 e. The summed E-state index contributed by atoms with van der Waals surface area (Å²) >= 11 is 0. The summed E-state index contributed by atoms with van der Waals surface area (Å²) in [6, 6.07) is 7.42. The van der Waals surface area contributed by atoms with Crippen LogP contribution >= 0.6 is 0 Å². The zero-order valence-corrected chi connectivity index (χ0v) is 17.3. The molecule has 3 aromatic heterocycles. The van der Waals surface area contributed by atoms with Crippen LogP contribution in [0, 0.1) is 26.7 Å². The van der Waals surface area contributed by atoms with Crippen molar-refractivity contribution in [3.05, 3.63) is 41.4 Å². The van der Waals surface area contributed by atoms with Crippen LogP contribution in [0.15, 0.2) is 28.7 Å². The highest BCUT2D eigenvalue weighted by Crippen LogP contribution is 2.24. The van der Waals surface area contributed by atoms with E-state index in [0.29, 0.717) is 35.6 Å². The van der Waals surface area contributed by atoms with Crippen LogP contribution in [0.25, 0.3) is 17.4 Å². The summed E-state index contributed by atoms with van der Waals surface area (Å²) in [5.41, 5.74) is 1.85. The highest BCUT2D eigenvalue weighted by molar-refractivity contribution is 5.90. The van der Waals surface area contributed by atoms with Gasteiger partial charge in [0.25, 0.3) is 0 Å². The number of amides is 1. The fourth-order valence-corrected chi connectivity index (χ4v) is 3.78. The van der Waals surface area contributed by atoms with Gasteiger partial charge in [-0.1, -0.05) is 0 Å². The molecule has 0 spiro atoms. The van der Waals surface area contributed by atoms with Gasteiger partial charge in [0, 0.05) is 24.7 Å². The van der Waals surface area contributed by atoms with Crippen molar-refractivity contribution in [1.82, 2.24) is 24.6 Å². The van der Waals surface area contributed by atoms with Crippen LogP contribution < -0.4 is 5.32 Å². The van der Waals surface area contributed by atoms with Gasteiger partial charge in [-0.25, -0.2) is 14.6 Å². The summed E-state index contributed by atoms with van der Waals surface area (Å²) in [5.74, 6) is 3.12. The molecule has 1 N–H and O–H groups in total. The summed E-state index contributed by atoms with van der Waals surface area (Å²) in [7, 11) is 2.08. The Morgan fingerprint density at radius 2 is 2.07 bits per heavy atom. The van der Waals surface area contributed by atoms with E-state index in [-0.39, 0.29) is 5.91 Å². The number of carbonyl (C=O) groups is 1. The molecule has 4 rings (SSSR count). The average Bonchev–Trinajstić information content (AvgIpc) is 3.35. The van der Waals surface area contributed by atoms with Gasteiger partial charge >= 0.3 is 0 Å². The summed E-state index contributed by atoms with van der Waals surface area (Å²) in [4.78, 5) is 24.0. The van der Waals surface area contributed by atoms with Crippen LogP contribution in [0.2, 0.25) is 0 Å². The topological polar surface area (TPSA) is 89.1 Å². The molecule has 1 amide bonds. The molecule has 1 aliphatic rings. The number of hydrogen-bond acceptors (Lipinski definition) is 6. The molecule has 1 aliphatic heterocycles. The smallest absolute Gasteiger partial charge is 0.225 e. The fourth-order valence-electron chi connectivity index (χ4n) is 3.78. The Hall–Kier alpha value is -3.00. The Labute approximate surface area is 170 Å². The van der Waals surface area contributed by atoms with Crippen molar-refractivity contribution in [1.29, 1.82) is 0 Å². The lowest BCUT2D eigenvalue weighted by Gasteiger charge is -2.12. The van der Waals surface area contributed by atoms with Gasteiger partial charge in [0.1, 0.15) is 11.6 Å². The van der Waals surface area contributed by atoms with Crippen molar-refractivity contribution in [2.45, 2.75) is 33.6 Å². The number of carbonyl (C=O) groups excluding carboxylic acids is 1. The van der Waals surface area contributed by atoms with Gasteiger partial charge in [0.2, 0.25) is 5.91 Å². The maximum atomic E-state index is 12.6. The number of aromatic nitrogens is 4. The number of aryl methyl sites for hydroxylation is 3. The molecule has 1 atom stereocenters. The van der Waals surface area contributed by atoms with E-state index < -0.39 is 0 Å². The highest BCUT2D eigenvalue weighted by atomic mass is 16.3. The maximum Gasteiger partial charge on any atom is 0.225 e. The second kappa shape index (κ2) is 7.79. The van der Waals surface area contributed by atoms with Gasteiger partial charge in [0.05, 0.1) is 5.69 Å². The zero-order valence-electron chi connectivity index (χ0n) is 17.3. The number of rotatable bonds is 5. The Kier molecular flexibility index (Phi) is 5.19. The summed E-state index contributed by atoms with van der Waals surface area (Å²) in [6.07, 6.45) is 1.53. The third-order valence-corrected chi connectivity index (χ3v) is 5.13. The lowest BCUT2D eigenvalue weighted by atomic mass is 10.0. The summed E-state index contributed by atoms with van der Waals surface area (Å²) < 4.78 is 7.45. The first-order valence-electron chi connectivity index (χ1n) is 9.85. The van der Waals surface area contributed by atoms with Crippen LogP contribution in [-0.2, 0) is 4.79 Å². The van der Waals surface area contributed by atoms with Gasteiger partial charge in [-0.05, 0) is 64.9 Å². The van der Waals surface area contributed by atoms with Crippen molar-refractivity contribution in [3.8, 4) is 17.4 Å². The average molecular weight is 394 g/mol. The molecule has 0 saturated carbocycles. The number of hydrogen-bond donors (Lipinski definition) is 1. The van der Waals surface area contributed by atoms with Crippen molar-refractivity contribution in [3.63, 3.8) is 0 Å². The standard InChI is InChI=1S/C21H26N6O2/c1-13-9-14(2)27(25-13)19-11-18(22-20(28)10-16-7-8-26(4)12-16)23-21(24-19)17-6-5-15(3)29-17/h5-6,9,11,16H,7-8,10,12H2,1-4H3,(H,22,23,24,28)/t16-/m0/s1. The van der Waals surface area contributed by atoms with Crippen LogP contribution in [0.1, 0.15) is 30.0 Å². The van der Waals surface area contributed by atoms with E-state index in [1.807, 2.05) is 39.0 Å². The predicted molar refractivity (Wildman–Crippen MR) is 110 cm³/mol. The van der Waals surface area contributed by atoms with Crippen molar-refractivity contribution >= 4 is 11.7 Å². The first-order valence-corrected chi connectivity index (χ1v) is 9.85. The van der Waals surface area contributed by atoms with Gasteiger partial charge in [-0.15, -0.1) is 0 Å². The maximum absolute atomic E-state index is 12.6. The molecule has 0 radical (unpaired) electrons. The van der Waals surface area contributed by atoms with E-state index in [9.17, 15) is 4.79 Å². The minimum absolute atomic E-state index is 0.0371. The highest BCUT2D eigenvalue weighted by Gasteiger charge is 2.23. The van der Waals surface area contributed by atoms with Crippen molar-refractivity contribution in [2.24, 2.45) is 5.92 Å². The van der Waals surface area contributed by atoms with E-state index in [0.717, 1.165) is 36.7 Å². The largest absolute Gasteiger partial charge is 0.458 e. The first-order chi connectivity index (χ1) is 13.9. The summed E-state index contributed by atoms with van der Waals surface area (Å²) in [5, 5.41) is 7.46. The Morgan fingerprint density at radius 1 is 1.24 bits per heavy atom. The molecule has 8 heteroatoms. The second-order valence-electron chi connectivity index (χ2n) is 7.85. The number of likely N-dealkylation sites (tertiary alicyclic amines) is 1. The van der Waals surface area contributed by atoms with Gasteiger partial charge in [-0.2, -0.15) is 5.10 Å². The van der Waals surface area contributed by atoms with E-state index in [2.05, 4.69) is 32.3 Å². The molecule has 4 heterocycles. The van der Waals surface area contributed by atoms with Crippen LogP contribution in [-0.4, -0.2) is 50.7 Å². The minimum atomic E-state index is -0.0371. The molecule has 1 fully saturated rings. The van der Waals surface area contributed by atoms with Crippen LogP contribution in [0.4, 0.5) is 5.82 Å². The Morgan fingerprint density at radius 3 is 2.69 bits per heavy atom. The van der Waals surface area contributed by atoms with E-state index in [4.69, 9.17) is 4.42 Å². The van der Waals surface area contributed by atoms with E-state index in [1.165, 1.54) is 0 Å². The Balaban J connectivity index is 1.64. The molecule has 0 aliphatic carbocycles. The molecule has 152 valence electrons. The lowest BCUT2D eigenvalue weighted by Crippen LogP contribution is -2.20. The number of furan rings is 1. The molecule has 8 nitrogen and oxygen atoms in total. The molecular formula is C21H26N6O2. The molecular weight excluding hydrogens is 368 g/mol. The molecule has 0 bridgehead atoms. The molecule has 3 aromatic rings. The monoisotopic (exact) mass is 394 g/mol.